The molecule has 0 aliphatic heterocycles. The van der Waals surface area contributed by atoms with Crippen molar-refractivity contribution in [1.82, 2.24) is 9.13 Å². The third-order valence-corrected chi connectivity index (χ3v) is 14.6. The molecule has 0 N–H and O–H groups in total. The van der Waals surface area contributed by atoms with Gasteiger partial charge in [-0.15, -0.1) is 11.3 Å². The number of benzene rings is 8. The summed E-state index contributed by atoms with van der Waals surface area (Å²) in [5.41, 5.74) is 15.9. The molecule has 13 rings (SSSR count). The molecule has 0 atom stereocenters. The Morgan fingerprint density at radius 3 is 1.93 bits per heavy atom. The first-order valence-electron chi connectivity index (χ1n) is 20.5. The number of hydrogen-bond donors (Lipinski definition) is 0. The standard InChI is InChI=1S/C54H38N2S/c1-3-13-36(14-4-1)55-49-26-22-34(29-44(49)45-32-47-43(33-51(45)55)38-15-5-8-18-46(38)54(47)27-11-2-12-28-54)35-21-24-40-39-16-6-9-19-48(39)56(50(40)30-35)37-23-25-42-41-17-7-10-20-52(41)57-53(42)31-37/h1,3-10,13-26,29-33H,2,11-12,27-28H2. The fourth-order valence-corrected chi connectivity index (χ4v) is 12.1. The Balaban J connectivity index is 1.04. The number of fused-ring (bicyclic) bond motifs is 14. The van der Waals surface area contributed by atoms with Crippen LogP contribution in [0.25, 0.3) is 97.4 Å². The average Bonchev–Trinajstić information content (AvgIpc) is 3.98. The molecule has 11 aromatic rings. The van der Waals surface area contributed by atoms with Crippen LogP contribution in [-0.2, 0) is 5.41 Å². The maximum atomic E-state index is 2.60. The predicted molar refractivity (Wildman–Crippen MR) is 243 cm³/mol. The highest BCUT2D eigenvalue weighted by atomic mass is 32.1. The maximum Gasteiger partial charge on any atom is 0.0547 e. The zero-order valence-electron chi connectivity index (χ0n) is 31.5. The molecule has 3 heterocycles. The van der Waals surface area contributed by atoms with Crippen LogP contribution in [0, 0.1) is 0 Å². The van der Waals surface area contributed by atoms with Gasteiger partial charge in [-0.05, 0) is 113 Å². The normalized spacial score (nSPS) is 14.8. The Labute approximate surface area is 334 Å². The summed E-state index contributed by atoms with van der Waals surface area (Å²) in [7, 11) is 0. The highest BCUT2D eigenvalue weighted by Gasteiger charge is 2.44. The molecule has 2 nitrogen and oxygen atoms in total. The van der Waals surface area contributed by atoms with Crippen molar-refractivity contribution >= 4 is 75.1 Å². The first-order valence-corrected chi connectivity index (χ1v) is 21.3. The lowest BCUT2D eigenvalue weighted by atomic mass is 9.68. The summed E-state index contributed by atoms with van der Waals surface area (Å²) in [6.45, 7) is 0. The van der Waals surface area contributed by atoms with Gasteiger partial charge in [0.05, 0.1) is 22.1 Å². The van der Waals surface area contributed by atoms with Crippen molar-refractivity contribution in [2.45, 2.75) is 37.5 Å². The van der Waals surface area contributed by atoms with Gasteiger partial charge in [0.25, 0.3) is 0 Å². The molecular formula is C54H38N2S. The Hall–Kier alpha value is -6.42. The summed E-state index contributed by atoms with van der Waals surface area (Å²) in [6, 6.07) is 64.3. The van der Waals surface area contributed by atoms with E-state index in [1.165, 1.54) is 135 Å². The highest BCUT2D eigenvalue weighted by Crippen LogP contribution is 2.57. The van der Waals surface area contributed by atoms with E-state index in [-0.39, 0.29) is 5.41 Å². The number of hydrogen-bond acceptors (Lipinski definition) is 1. The SMILES string of the molecule is c1ccc(-n2c3ccc(-c4ccc5c6ccccc6n(-c6ccc7c(c6)sc6ccccc67)c5c4)cc3c3cc4c(cc32)-c2ccccc2C42CCCCC2)cc1. The van der Waals surface area contributed by atoms with Crippen LogP contribution < -0.4 is 0 Å². The second-order valence-corrected chi connectivity index (χ2v) is 17.5. The van der Waals surface area contributed by atoms with E-state index in [4.69, 9.17) is 0 Å². The van der Waals surface area contributed by atoms with Crippen LogP contribution >= 0.6 is 11.3 Å². The third-order valence-electron chi connectivity index (χ3n) is 13.5. The van der Waals surface area contributed by atoms with Crippen molar-refractivity contribution in [2.75, 3.05) is 0 Å². The lowest BCUT2D eigenvalue weighted by Crippen LogP contribution is -2.27. The zero-order chi connectivity index (χ0) is 37.2. The maximum absolute atomic E-state index is 2.60. The number of thiophene rings is 1. The first kappa shape index (κ1) is 31.7. The Morgan fingerprint density at radius 1 is 0.368 bits per heavy atom. The third kappa shape index (κ3) is 4.41. The summed E-state index contributed by atoms with van der Waals surface area (Å²) < 4.78 is 7.62. The van der Waals surface area contributed by atoms with Crippen LogP contribution in [0.1, 0.15) is 43.2 Å². The molecule has 0 amide bonds. The number of aromatic nitrogens is 2. The average molecular weight is 747 g/mol. The minimum Gasteiger partial charge on any atom is -0.309 e. The molecule has 3 aromatic heterocycles. The van der Waals surface area contributed by atoms with Crippen molar-refractivity contribution < 1.29 is 0 Å². The molecule has 2 aliphatic rings. The zero-order valence-corrected chi connectivity index (χ0v) is 32.3. The van der Waals surface area contributed by atoms with Gasteiger partial charge in [0, 0.05) is 58.5 Å². The molecular weight excluding hydrogens is 709 g/mol. The van der Waals surface area contributed by atoms with Gasteiger partial charge in [-0.1, -0.05) is 122 Å². The van der Waals surface area contributed by atoms with Crippen molar-refractivity contribution in [1.29, 1.82) is 0 Å². The molecule has 270 valence electrons. The molecule has 0 saturated heterocycles. The van der Waals surface area contributed by atoms with Crippen LogP contribution in [0.15, 0.2) is 170 Å². The highest BCUT2D eigenvalue weighted by molar-refractivity contribution is 7.25. The minimum absolute atomic E-state index is 0.106. The van der Waals surface area contributed by atoms with Crippen LogP contribution in [-0.4, -0.2) is 9.13 Å². The van der Waals surface area contributed by atoms with Crippen molar-refractivity contribution in [2.24, 2.45) is 0 Å². The van der Waals surface area contributed by atoms with Crippen molar-refractivity contribution in [3.63, 3.8) is 0 Å². The van der Waals surface area contributed by atoms with Gasteiger partial charge in [0.15, 0.2) is 0 Å². The first-order chi connectivity index (χ1) is 28.2. The van der Waals surface area contributed by atoms with E-state index in [9.17, 15) is 0 Å². The van der Waals surface area contributed by atoms with E-state index in [0.29, 0.717) is 0 Å². The summed E-state index contributed by atoms with van der Waals surface area (Å²) in [5, 5.41) is 7.88. The fraction of sp³-hybridized carbons (Fsp3) is 0.111. The van der Waals surface area contributed by atoms with Crippen LogP contribution in [0.3, 0.4) is 0 Å². The fourth-order valence-electron chi connectivity index (χ4n) is 11.0. The molecule has 0 bridgehead atoms. The van der Waals surface area contributed by atoms with Crippen LogP contribution in [0.2, 0.25) is 0 Å². The van der Waals surface area contributed by atoms with Gasteiger partial charge in [-0.2, -0.15) is 0 Å². The van der Waals surface area contributed by atoms with E-state index in [1.54, 1.807) is 5.56 Å². The smallest absolute Gasteiger partial charge is 0.0547 e. The number of rotatable bonds is 3. The second-order valence-electron chi connectivity index (χ2n) is 16.4. The molecule has 2 aliphatic carbocycles. The Bertz CT molecular complexity index is 3440. The minimum atomic E-state index is 0.106. The summed E-state index contributed by atoms with van der Waals surface area (Å²) in [4.78, 5) is 0. The summed E-state index contributed by atoms with van der Waals surface area (Å²) in [6.07, 6.45) is 6.38. The molecule has 1 fully saturated rings. The van der Waals surface area contributed by atoms with Gasteiger partial charge in [0.1, 0.15) is 0 Å². The van der Waals surface area contributed by atoms with Crippen molar-refractivity contribution in [3.05, 3.63) is 181 Å². The van der Waals surface area contributed by atoms with Gasteiger partial charge in [-0.25, -0.2) is 0 Å². The molecule has 1 spiro atoms. The molecule has 3 heteroatoms. The lowest BCUT2D eigenvalue weighted by molar-refractivity contribution is 0.353. The second kappa shape index (κ2) is 11.8. The quantitative estimate of drug-likeness (QED) is 0.170. The van der Waals surface area contributed by atoms with E-state index in [1.807, 2.05) is 11.3 Å². The summed E-state index contributed by atoms with van der Waals surface area (Å²) >= 11 is 1.88. The largest absolute Gasteiger partial charge is 0.309 e. The Kier molecular flexibility index (Phi) is 6.57. The van der Waals surface area contributed by atoms with E-state index in [0.717, 1.165) is 0 Å². The molecule has 57 heavy (non-hydrogen) atoms. The molecule has 0 radical (unpaired) electrons. The van der Waals surface area contributed by atoms with Gasteiger partial charge in [-0.3, -0.25) is 0 Å². The van der Waals surface area contributed by atoms with Gasteiger partial charge < -0.3 is 9.13 Å². The Morgan fingerprint density at radius 2 is 1.02 bits per heavy atom. The number of nitrogens with zero attached hydrogens (tertiary/aromatic N) is 2. The predicted octanol–water partition coefficient (Wildman–Crippen LogP) is 15.1. The monoisotopic (exact) mass is 746 g/mol. The van der Waals surface area contributed by atoms with Crippen molar-refractivity contribution in [3.8, 4) is 33.6 Å². The van der Waals surface area contributed by atoms with Crippen LogP contribution in [0.5, 0.6) is 0 Å². The molecule has 0 unspecified atom stereocenters. The topological polar surface area (TPSA) is 9.86 Å². The van der Waals surface area contributed by atoms with Gasteiger partial charge in [0.2, 0.25) is 0 Å². The van der Waals surface area contributed by atoms with E-state index < -0.39 is 0 Å². The number of para-hydroxylation sites is 2. The van der Waals surface area contributed by atoms with E-state index in [2.05, 4.69) is 179 Å². The lowest BCUT2D eigenvalue weighted by Gasteiger charge is -2.36. The molecule has 1 saturated carbocycles. The molecule has 8 aromatic carbocycles. The summed E-state index contributed by atoms with van der Waals surface area (Å²) in [5.74, 6) is 0. The van der Waals surface area contributed by atoms with E-state index >= 15 is 0 Å². The van der Waals surface area contributed by atoms with Crippen LogP contribution in [0.4, 0.5) is 0 Å². The van der Waals surface area contributed by atoms with Gasteiger partial charge >= 0.3 is 0 Å².